The van der Waals surface area contributed by atoms with Gasteiger partial charge in [0, 0.05) is 53.4 Å². The van der Waals surface area contributed by atoms with E-state index < -0.39 is 0 Å². The third-order valence-electron chi connectivity index (χ3n) is 4.61. The van der Waals surface area contributed by atoms with Crippen molar-refractivity contribution in [3.8, 4) is 0 Å². The summed E-state index contributed by atoms with van der Waals surface area (Å²) in [5, 5.41) is 0. The summed E-state index contributed by atoms with van der Waals surface area (Å²) in [6.45, 7) is 7.72. The molecule has 0 unspecified atom stereocenters. The minimum Gasteiger partial charge on any atom is -0.383 e. The molecule has 0 bridgehead atoms. The average Bonchev–Trinajstić information content (AvgIpc) is 2.59. The van der Waals surface area contributed by atoms with Crippen LogP contribution in [-0.4, -0.2) is 80.1 Å². The second-order valence-corrected chi connectivity index (χ2v) is 6.37. The van der Waals surface area contributed by atoms with E-state index in [1.807, 2.05) is 13.0 Å². The molecule has 1 saturated heterocycles. The lowest BCUT2D eigenvalue weighted by atomic mass is 10.1. The Hall–Kier alpha value is -1.50. The van der Waals surface area contributed by atoms with Crippen molar-refractivity contribution in [3.05, 3.63) is 35.6 Å². The number of likely N-dealkylation sites (N-methyl/N-ethyl adjacent to an activating group) is 1. The van der Waals surface area contributed by atoms with E-state index in [0.29, 0.717) is 6.54 Å². The number of hydrogen-bond acceptors (Lipinski definition) is 4. The Morgan fingerprint density at radius 3 is 2.67 bits per heavy atom. The van der Waals surface area contributed by atoms with Crippen molar-refractivity contribution < 1.29 is 13.9 Å². The fraction of sp³-hybridized carbons (Fsp3) is 0.611. The summed E-state index contributed by atoms with van der Waals surface area (Å²) in [6, 6.07) is 6.24. The molecule has 5 nitrogen and oxygen atoms in total. The Labute approximate surface area is 144 Å². The number of rotatable bonds is 7. The van der Waals surface area contributed by atoms with Crippen LogP contribution in [0.2, 0.25) is 0 Å². The molecule has 1 atom stereocenters. The van der Waals surface area contributed by atoms with Crippen LogP contribution in [0.4, 0.5) is 4.39 Å². The molecule has 1 aliphatic heterocycles. The maximum atomic E-state index is 13.3. The number of ether oxygens (including phenoxy) is 1. The van der Waals surface area contributed by atoms with Gasteiger partial charge in [0.25, 0.3) is 0 Å². The van der Waals surface area contributed by atoms with Gasteiger partial charge in [0.2, 0.25) is 5.91 Å². The van der Waals surface area contributed by atoms with E-state index in [9.17, 15) is 9.18 Å². The normalized spacial score (nSPS) is 17.7. The zero-order chi connectivity index (χ0) is 17.5. The number of amides is 1. The first-order chi connectivity index (χ1) is 11.5. The van der Waals surface area contributed by atoms with Crippen LogP contribution in [0.1, 0.15) is 12.5 Å². The molecular weight excluding hydrogens is 309 g/mol. The summed E-state index contributed by atoms with van der Waals surface area (Å²) in [5.41, 5.74) is 0.808. The van der Waals surface area contributed by atoms with Crippen molar-refractivity contribution in [2.75, 3.05) is 53.5 Å². The number of hydrogen-bond donors (Lipinski definition) is 0. The van der Waals surface area contributed by atoms with Crippen LogP contribution < -0.4 is 0 Å². The number of methoxy groups -OCH3 is 1. The molecule has 2 rings (SSSR count). The van der Waals surface area contributed by atoms with Crippen LogP contribution >= 0.6 is 0 Å². The van der Waals surface area contributed by atoms with Crippen LogP contribution in [0.15, 0.2) is 24.3 Å². The van der Waals surface area contributed by atoms with E-state index in [0.717, 1.165) is 44.9 Å². The van der Waals surface area contributed by atoms with E-state index in [2.05, 4.69) is 9.80 Å². The van der Waals surface area contributed by atoms with Gasteiger partial charge in [0.05, 0.1) is 12.6 Å². The summed E-state index contributed by atoms with van der Waals surface area (Å²) in [7, 11) is 3.49. The average molecular weight is 337 g/mol. The zero-order valence-corrected chi connectivity index (χ0v) is 14.9. The Morgan fingerprint density at radius 1 is 1.33 bits per heavy atom. The molecule has 0 radical (unpaired) electrons. The van der Waals surface area contributed by atoms with Crippen molar-refractivity contribution in [1.29, 1.82) is 0 Å². The van der Waals surface area contributed by atoms with Crippen LogP contribution in [0.5, 0.6) is 0 Å². The van der Waals surface area contributed by atoms with Gasteiger partial charge in [-0.1, -0.05) is 12.1 Å². The number of carbonyl (C=O) groups excluding carboxylic acids is 1. The fourth-order valence-electron chi connectivity index (χ4n) is 3.06. The minimum absolute atomic E-state index is 0.0737. The Morgan fingerprint density at radius 2 is 2.04 bits per heavy atom. The number of carbonyl (C=O) groups is 1. The molecule has 6 heteroatoms. The van der Waals surface area contributed by atoms with Crippen LogP contribution in [0.3, 0.4) is 0 Å². The largest absolute Gasteiger partial charge is 0.383 e. The second-order valence-electron chi connectivity index (χ2n) is 6.37. The van der Waals surface area contributed by atoms with Crippen molar-refractivity contribution in [1.82, 2.24) is 14.7 Å². The second kappa shape index (κ2) is 9.11. The highest BCUT2D eigenvalue weighted by atomic mass is 19.1. The Balaban J connectivity index is 1.83. The van der Waals surface area contributed by atoms with Gasteiger partial charge in [-0.3, -0.25) is 14.6 Å². The lowest BCUT2D eigenvalue weighted by molar-refractivity contribution is -0.136. The molecule has 1 aliphatic rings. The van der Waals surface area contributed by atoms with Gasteiger partial charge in [-0.05, 0) is 24.6 Å². The molecule has 1 aromatic rings. The van der Waals surface area contributed by atoms with E-state index in [1.54, 1.807) is 25.1 Å². The Bertz CT molecular complexity index is 533. The highest BCUT2D eigenvalue weighted by molar-refractivity contribution is 5.81. The number of nitrogens with zero attached hydrogens (tertiary/aromatic N) is 3. The quantitative estimate of drug-likeness (QED) is 0.754. The minimum atomic E-state index is -0.270. The molecule has 1 fully saturated rings. The first kappa shape index (κ1) is 18.8. The van der Waals surface area contributed by atoms with Gasteiger partial charge >= 0.3 is 0 Å². The number of piperazine rings is 1. The molecule has 0 spiro atoms. The van der Waals surface area contributed by atoms with Crippen molar-refractivity contribution in [2.24, 2.45) is 0 Å². The summed E-state index contributed by atoms with van der Waals surface area (Å²) >= 11 is 0. The van der Waals surface area contributed by atoms with E-state index in [1.165, 1.54) is 12.1 Å². The van der Waals surface area contributed by atoms with Gasteiger partial charge in [-0.2, -0.15) is 0 Å². The molecule has 1 heterocycles. The molecule has 24 heavy (non-hydrogen) atoms. The maximum Gasteiger partial charge on any atom is 0.239 e. The summed E-state index contributed by atoms with van der Waals surface area (Å²) in [6.07, 6.45) is 0. The summed E-state index contributed by atoms with van der Waals surface area (Å²) in [4.78, 5) is 18.9. The molecule has 0 aromatic heterocycles. The molecule has 1 aromatic carbocycles. The summed E-state index contributed by atoms with van der Waals surface area (Å²) in [5.74, 6) is -0.196. The molecule has 1 amide bonds. The van der Waals surface area contributed by atoms with Crippen LogP contribution in [0, 0.1) is 5.82 Å². The molecule has 0 N–H and O–H groups in total. The fourth-order valence-corrected chi connectivity index (χ4v) is 3.06. The van der Waals surface area contributed by atoms with E-state index in [4.69, 9.17) is 4.74 Å². The SMILES string of the molecule is COCCN1CCN([C@@H](C)C(=O)N(C)Cc2cccc(F)c2)CC1. The molecule has 134 valence electrons. The Kier molecular flexibility index (Phi) is 7.15. The standard InChI is InChI=1S/C18H28FN3O2/c1-15(22-9-7-21(8-10-22)11-12-24-3)18(23)20(2)14-16-5-4-6-17(19)13-16/h4-6,13,15H,7-12,14H2,1-3H3/t15-/m0/s1. The topological polar surface area (TPSA) is 36.0 Å². The number of benzene rings is 1. The maximum absolute atomic E-state index is 13.3. The van der Waals surface area contributed by atoms with Gasteiger partial charge in [0.15, 0.2) is 0 Å². The monoisotopic (exact) mass is 337 g/mol. The first-order valence-electron chi connectivity index (χ1n) is 8.46. The third-order valence-corrected chi connectivity index (χ3v) is 4.61. The van der Waals surface area contributed by atoms with Crippen LogP contribution in [-0.2, 0) is 16.1 Å². The first-order valence-corrected chi connectivity index (χ1v) is 8.46. The third kappa shape index (κ3) is 5.26. The van der Waals surface area contributed by atoms with Gasteiger partial charge in [-0.25, -0.2) is 4.39 Å². The smallest absolute Gasteiger partial charge is 0.239 e. The predicted octanol–water partition coefficient (Wildman–Crippen LogP) is 1.44. The molecule has 0 aliphatic carbocycles. The summed E-state index contributed by atoms with van der Waals surface area (Å²) < 4.78 is 18.4. The van der Waals surface area contributed by atoms with Gasteiger partial charge < -0.3 is 9.64 Å². The lowest BCUT2D eigenvalue weighted by Gasteiger charge is -2.38. The highest BCUT2D eigenvalue weighted by Gasteiger charge is 2.27. The van der Waals surface area contributed by atoms with Crippen molar-refractivity contribution in [3.63, 3.8) is 0 Å². The van der Waals surface area contributed by atoms with Crippen molar-refractivity contribution >= 4 is 5.91 Å². The van der Waals surface area contributed by atoms with Gasteiger partial charge in [0.1, 0.15) is 5.82 Å². The van der Waals surface area contributed by atoms with Crippen molar-refractivity contribution in [2.45, 2.75) is 19.5 Å². The highest BCUT2D eigenvalue weighted by Crippen LogP contribution is 2.11. The van der Waals surface area contributed by atoms with E-state index >= 15 is 0 Å². The van der Waals surface area contributed by atoms with E-state index in [-0.39, 0.29) is 17.8 Å². The van der Waals surface area contributed by atoms with Gasteiger partial charge in [-0.15, -0.1) is 0 Å². The zero-order valence-electron chi connectivity index (χ0n) is 14.9. The lowest BCUT2D eigenvalue weighted by Crippen LogP contribution is -2.54. The number of halogens is 1. The predicted molar refractivity (Wildman–Crippen MR) is 92.2 cm³/mol. The van der Waals surface area contributed by atoms with Crippen LogP contribution in [0.25, 0.3) is 0 Å². The molecular formula is C18H28FN3O2. The molecule has 0 saturated carbocycles.